The van der Waals surface area contributed by atoms with E-state index in [1.807, 2.05) is 6.07 Å². The Hall–Kier alpha value is -3.31. The van der Waals surface area contributed by atoms with Crippen molar-refractivity contribution in [1.82, 2.24) is 4.57 Å². The predicted molar refractivity (Wildman–Crippen MR) is 95.0 cm³/mol. The van der Waals surface area contributed by atoms with Crippen molar-refractivity contribution in [3.63, 3.8) is 0 Å². The molecule has 132 valence electrons. The zero-order valence-corrected chi connectivity index (χ0v) is 14.9. The van der Waals surface area contributed by atoms with E-state index >= 15 is 0 Å². The maximum Gasteiger partial charge on any atom is 0.260 e. The maximum atomic E-state index is 12.6. The van der Waals surface area contributed by atoms with Gasteiger partial charge < -0.3 is 9.73 Å². The van der Waals surface area contributed by atoms with Crippen LogP contribution in [0.4, 0.5) is 5.69 Å². The summed E-state index contributed by atoms with van der Waals surface area (Å²) in [6.07, 6.45) is 4.53. The number of nitriles is 1. The molecule has 0 saturated carbocycles. The van der Waals surface area contributed by atoms with E-state index < -0.39 is 15.7 Å². The number of aryl methyl sites for hydroxylation is 1. The highest BCUT2D eigenvalue weighted by Crippen LogP contribution is 2.26. The van der Waals surface area contributed by atoms with Crippen molar-refractivity contribution < 1.29 is 17.6 Å². The lowest BCUT2D eigenvalue weighted by atomic mass is 10.1. The molecule has 0 aliphatic rings. The van der Waals surface area contributed by atoms with Crippen LogP contribution in [0.15, 0.2) is 58.1 Å². The van der Waals surface area contributed by atoms with Crippen molar-refractivity contribution >= 4 is 21.4 Å². The number of anilines is 1. The first kappa shape index (κ1) is 17.5. The second-order valence-corrected chi connectivity index (χ2v) is 7.68. The second-order valence-electron chi connectivity index (χ2n) is 5.67. The van der Waals surface area contributed by atoms with Crippen LogP contribution in [0.2, 0.25) is 0 Å². The SMILES string of the molecule is Cc1oc(-n2cccc2)c(C#N)c1C(=O)Nc1ccc(S(C)(=O)=O)cc1. The number of amides is 1. The average molecular weight is 369 g/mol. The first-order valence-electron chi connectivity index (χ1n) is 7.59. The van der Waals surface area contributed by atoms with Crippen LogP contribution < -0.4 is 5.32 Å². The molecular formula is C18H15N3O4S. The molecule has 0 spiro atoms. The fourth-order valence-corrected chi connectivity index (χ4v) is 3.17. The van der Waals surface area contributed by atoms with Gasteiger partial charge in [-0.05, 0) is 43.3 Å². The van der Waals surface area contributed by atoms with Crippen molar-refractivity contribution in [2.45, 2.75) is 11.8 Å². The largest absolute Gasteiger partial charge is 0.443 e. The number of hydrogen-bond acceptors (Lipinski definition) is 5. The summed E-state index contributed by atoms with van der Waals surface area (Å²) in [5.74, 6) is 0.0800. The smallest absolute Gasteiger partial charge is 0.260 e. The third kappa shape index (κ3) is 3.25. The van der Waals surface area contributed by atoms with Crippen molar-refractivity contribution in [1.29, 1.82) is 5.26 Å². The van der Waals surface area contributed by atoms with Crippen LogP contribution in [-0.2, 0) is 9.84 Å². The topological polar surface area (TPSA) is 105 Å². The van der Waals surface area contributed by atoms with E-state index in [0.717, 1.165) is 6.26 Å². The maximum absolute atomic E-state index is 12.6. The molecule has 3 rings (SSSR count). The zero-order valence-electron chi connectivity index (χ0n) is 14.1. The lowest BCUT2D eigenvalue weighted by molar-refractivity contribution is 0.102. The summed E-state index contributed by atoms with van der Waals surface area (Å²) in [6.45, 7) is 1.61. The number of aromatic nitrogens is 1. The Bertz CT molecular complexity index is 1100. The minimum absolute atomic E-state index is 0.129. The van der Waals surface area contributed by atoms with Crippen LogP contribution in [0.1, 0.15) is 21.7 Å². The summed E-state index contributed by atoms with van der Waals surface area (Å²) in [4.78, 5) is 12.8. The molecule has 2 aromatic heterocycles. The lowest BCUT2D eigenvalue weighted by Gasteiger charge is -2.06. The molecule has 3 aromatic rings. The zero-order chi connectivity index (χ0) is 18.9. The molecule has 0 aliphatic heterocycles. The number of hydrogen-bond donors (Lipinski definition) is 1. The van der Waals surface area contributed by atoms with Crippen molar-refractivity contribution in [3.8, 4) is 12.0 Å². The minimum atomic E-state index is -3.31. The van der Waals surface area contributed by atoms with E-state index in [9.17, 15) is 18.5 Å². The molecule has 0 unspecified atom stereocenters. The van der Waals surface area contributed by atoms with Gasteiger partial charge in [-0.3, -0.25) is 9.36 Å². The van der Waals surface area contributed by atoms with Gasteiger partial charge in [0.2, 0.25) is 5.88 Å². The molecule has 1 amide bonds. The molecule has 0 radical (unpaired) electrons. The van der Waals surface area contributed by atoms with Crippen LogP contribution >= 0.6 is 0 Å². The predicted octanol–water partition coefficient (Wildman–Crippen LogP) is 2.91. The Morgan fingerprint density at radius 3 is 2.35 bits per heavy atom. The number of nitrogens with one attached hydrogen (secondary N) is 1. The van der Waals surface area contributed by atoms with Gasteiger partial charge in [0, 0.05) is 24.3 Å². The van der Waals surface area contributed by atoms with Crippen LogP contribution in [0.25, 0.3) is 5.88 Å². The molecule has 0 saturated heterocycles. The number of benzene rings is 1. The molecule has 0 fully saturated rings. The Morgan fingerprint density at radius 2 is 1.81 bits per heavy atom. The van der Waals surface area contributed by atoms with Gasteiger partial charge in [-0.25, -0.2) is 8.42 Å². The fourth-order valence-electron chi connectivity index (χ4n) is 2.54. The van der Waals surface area contributed by atoms with Crippen molar-refractivity contribution in [2.75, 3.05) is 11.6 Å². The molecule has 1 aromatic carbocycles. The monoisotopic (exact) mass is 369 g/mol. The van der Waals surface area contributed by atoms with Gasteiger partial charge in [0.25, 0.3) is 5.91 Å². The quantitative estimate of drug-likeness (QED) is 0.761. The van der Waals surface area contributed by atoms with Crippen LogP contribution in [0.3, 0.4) is 0 Å². The van der Waals surface area contributed by atoms with E-state index in [0.29, 0.717) is 11.4 Å². The Kier molecular flexibility index (Phi) is 4.40. The molecule has 0 aliphatic carbocycles. The lowest BCUT2D eigenvalue weighted by Crippen LogP contribution is -2.14. The minimum Gasteiger partial charge on any atom is -0.443 e. The highest BCUT2D eigenvalue weighted by atomic mass is 32.2. The number of furan rings is 1. The van der Waals surface area contributed by atoms with Gasteiger partial charge in [0.1, 0.15) is 23.0 Å². The summed E-state index contributed by atoms with van der Waals surface area (Å²) < 4.78 is 30.2. The molecular weight excluding hydrogens is 354 g/mol. The summed E-state index contributed by atoms with van der Waals surface area (Å²) in [5, 5.41) is 12.1. The Balaban J connectivity index is 1.93. The summed E-state index contributed by atoms with van der Waals surface area (Å²) in [6, 6.07) is 11.4. The summed E-state index contributed by atoms with van der Waals surface area (Å²) in [5.41, 5.74) is 0.682. The third-order valence-electron chi connectivity index (χ3n) is 3.78. The van der Waals surface area contributed by atoms with Gasteiger partial charge in [0.15, 0.2) is 9.84 Å². The first-order valence-corrected chi connectivity index (χ1v) is 9.48. The van der Waals surface area contributed by atoms with Crippen molar-refractivity contribution in [3.05, 3.63) is 65.7 Å². The van der Waals surface area contributed by atoms with E-state index in [2.05, 4.69) is 5.32 Å². The molecule has 2 heterocycles. The molecule has 8 heteroatoms. The van der Waals surface area contributed by atoms with Gasteiger partial charge in [-0.1, -0.05) is 0 Å². The number of sulfone groups is 1. The van der Waals surface area contributed by atoms with Gasteiger partial charge in [0.05, 0.1) is 4.90 Å². The fraction of sp³-hybridized carbons (Fsp3) is 0.111. The number of rotatable bonds is 4. The van der Waals surface area contributed by atoms with E-state index in [4.69, 9.17) is 4.42 Å². The first-order chi connectivity index (χ1) is 12.3. The molecule has 0 bridgehead atoms. The van der Waals surface area contributed by atoms with E-state index in [1.165, 1.54) is 24.3 Å². The van der Waals surface area contributed by atoms with Crippen LogP contribution in [0.5, 0.6) is 0 Å². The number of carbonyl (C=O) groups is 1. The molecule has 7 nitrogen and oxygen atoms in total. The average Bonchev–Trinajstić information content (AvgIpc) is 3.21. The molecule has 1 N–H and O–H groups in total. The van der Waals surface area contributed by atoms with Crippen LogP contribution in [-0.4, -0.2) is 25.1 Å². The second kappa shape index (κ2) is 6.54. The Morgan fingerprint density at radius 1 is 1.19 bits per heavy atom. The standard InChI is InChI=1S/C18H15N3O4S/c1-12-16(15(11-19)18(25-12)21-9-3-4-10-21)17(22)20-13-5-7-14(8-6-13)26(2,23)24/h3-10H,1-2H3,(H,20,22). The van der Waals surface area contributed by atoms with E-state index in [-0.39, 0.29) is 21.9 Å². The number of nitrogens with zero attached hydrogens (tertiary/aromatic N) is 2. The molecule has 0 atom stereocenters. The summed E-state index contributed by atoms with van der Waals surface area (Å²) >= 11 is 0. The van der Waals surface area contributed by atoms with Crippen LogP contribution in [0, 0.1) is 18.3 Å². The molecule has 26 heavy (non-hydrogen) atoms. The highest BCUT2D eigenvalue weighted by Gasteiger charge is 2.24. The normalized spacial score (nSPS) is 11.1. The Labute approximate surface area is 150 Å². The highest BCUT2D eigenvalue weighted by molar-refractivity contribution is 7.90. The van der Waals surface area contributed by atoms with Gasteiger partial charge in [-0.2, -0.15) is 5.26 Å². The van der Waals surface area contributed by atoms with Gasteiger partial charge in [-0.15, -0.1) is 0 Å². The van der Waals surface area contributed by atoms with Crippen molar-refractivity contribution in [2.24, 2.45) is 0 Å². The third-order valence-corrected chi connectivity index (χ3v) is 4.91. The van der Waals surface area contributed by atoms with Gasteiger partial charge >= 0.3 is 0 Å². The summed E-state index contributed by atoms with van der Waals surface area (Å²) in [7, 11) is -3.31. The number of carbonyl (C=O) groups excluding carboxylic acids is 1. The van der Waals surface area contributed by atoms with E-state index in [1.54, 1.807) is 36.0 Å².